The summed E-state index contributed by atoms with van der Waals surface area (Å²) in [6.07, 6.45) is 8.15. The molecular formula is C15H17N3O. The Morgan fingerprint density at radius 3 is 2.89 bits per heavy atom. The Kier molecular flexibility index (Phi) is 4.50. The second-order valence-corrected chi connectivity index (χ2v) is 4.12. The monoisotopic (exact) mass is 255 g/mol. The molecule has 2 aromatic rings. The highest BCUT2D eigenvalue weighted by Crippen LogP contribution is 2.07. The SMILES string of the molecule is C/C=C/CCNC(=O)c1cnn(-c2ccccc2)c1. The second kappa shape index (κ2) is 6.54. The van der Waals surface area contributed by atoms with Gasteiger partial charge in [0.15, 0.2) is 0 Å². The Hall–Kier alpha value is -2.36. The molecule has 0 aliphatic heterocycles. The first-order valence-electron chi connectivity index (χ1n) is 6.30. The molecule has 4 heteroatoms. The van der Waals surface area contributed by atoms with E-state index in [9.17, 15) is 4.79 Å². The van der Waals surface area contributed by atoms with Gasteiger partial charge >= 0.3 is 0 Å². The molecule has 1 N–H and O–H groups in total. The van der Waals surface area contributed by atoms with Gasteiger partial charge in [-0.25, -0.2) is 4.68 Å². The van der Waals surface area contributed by atoms with Gasteiger partial charge in [0.25, 0.3) is 5.91 Å². The predicted octanol–water partition coefficient (Wildman–Crippen LogP) is 2.57. The molecule has 0 aliphatic carbocycles. The molecule has 0 unspecified atom stereocenters. The van der Waals surface area contributed by atoms with Gasteiger partial charge in [0, 0.05) is 12.7 Å². The summed E-state index contributed by atoms with van der Waals surface area (Å²) in [5, 5.41) is 7.05. The molecule has 0 aliphatic rings. The molecule has 2 rings (SSSR count). The molecule has 4 nitrogen and oxygen atoms in total. The van der Waals surface area contributed by atoms with Gasteiger partial charge in [-0.3, -0.25) is 4.79 Å². The number of hydrogen-bond donors (Lipinski definition) is 1. The van der Waals surface area contributed by atoms with Crippen LogP contribution in [-0.2, 0) is 0 Å². The van der Waals surface area contributed by atoms with Crippen LogP contribution in [0.3, 0.4) is 0 Å². The highest BCUT2D eigenvalue weighted by Gasteiger charge is 2.08. The minimum absolute atomic E-state index is 0.0910. The third-order valence-corrected chi connectivity index (χ3v) is 2.70. The zero-order valence-electron chi connectivity index (χ0n) is 10.9. The van der Waals surface area contributed by atoms with E-state index in [1.807, 2.05) is 49.4 Å². The van der Waals surface area contributed by atoms with E-state index in [0.717, 1.165) is 12.1 Å². The molecule has 1 heterocycles. The summed E-state index contributed by atoms with van der Waals surface area (Å²) in [4.78, 5) is 11.9. The maximum Gasteiger partial charge on any atom is 0.254 e. The van der Waals surface area contributed by atoms with Gasteiger partial charge in [0.1, 0.15) is 0 Å². The fourth-order valence-corrected chi connectivity index (χ4v) is 1.70. The van der Waals surface area contributed by atoms with Gasteiger partial charge in [-0.1, -0.05) is 30.4 Å². The van der Waals surface area contributed by atoms with Crippen molar-refractivity contribution in [2.75, 3.05) is 6.54 Å². The smallest absolute Gasteiger partial charge is 0.254 e. The molecular weight excluding hydrogens is 238 g/mol. The van der Waals surface area contributed by atoms with Crippen molar-refractivity contribution in [1.29, 1.82) is 0 Å². The third kappa shape index (κ3) is 3.55. The number of benzene rings is 1. The summed E-state index contributed by atoms with van der Waals surface area (Å²) in [7, 11) is 0. The van der Waals surface area contributed by atoms with Gasteiger partial charge < -0.3 is 5.32 Å². The minimum Gasteiger partial charge on any atom is -0.352 e. The van der Waals surface area contributed by atoms with Crippen LogP contribution in [0.5, 0.6) is 0 Å². The summed E-state index contributed by atoms with van der Waals surface area (Å²) in [6.45, 7) is 2.60. The topological polar surface area (TPSA) is 46.9 Å². The Labute approximate surface area is 112 Å². The number of allylic oxidation sites excluding steroid dienone is 1. The fraction of sp³-hybridized carbons (Fsp3) is 0.200. The summed E-state index contributed by atoms with van der Waals surface area (Å²) < 4.78 is 1.70. The van der Waals surface area contributed by atoms with Crippen LogP contribution in [0.2, 0.25) is 0 Å². The van der Waals surface area contributed by atoms with E-state index in [-0.39, 0.29) is 5.91 Å². The highest BCUT2D eigenvalue weighted by molar-refractivity contribution is 5.93. The summed E-state index contributed by atoms with van der Waals surface area (Å²) in [6, 6.07) is 9.71. The van der Waals surface area contributed by atoms with Gasteiger partial charge in [-0.15, -0.1) is 0 Å². The van der Waals surface area contributed by atoms with Crippen LogP contribution < -0.4 is 5.32 Å². The van der Waals surface area contributed by atoms with E-state index in [0.29, 0.717) is 12.1 Å². The molecule has 0 bridgehead atoms. The summed E-state index contributed by atoms with van der Waals surface area (Å²) in [5.41, 5.74) is 1.51. The lowest BCUT2D eigenvalue weighted by atomic mass is 10.3. The number of carbonyl (C=O) groups excluding carboxylic acids is 1. The Balaban J connectivity index is 1.99. The molecule has 1 aromatic carbocycles. The number of hydrogen-bond acceptors (Lipinski definition) is 2. The van der Waals surface area contributed by atoms with Crippen molar-refractivity contribution in [3.63, 3.8) is 0 Å². The van der Waals surface area contributed by atoms with Crippen LogP contribution in [0.15, 0.2) is 54.9 Å². The maximum atomic E-state index is 11.9. The van der Waals surface area contributed by atoms with Crippen molar-refractivity contribution in [2.24, 2.45) is 0 Å². The van der Waals surface area contributed by atoms with Crippen LogP contribution in [0, 0.1) is 0 Å². The lowest BCUT2D eigenvalue weighted by molar-refractivity contribution is 0.0954. The Bertz CT molecular complexity index is 558. The van der Waals surface area contributed by atoms with E-state index in [1.54, 1.807) is 17.1 Å². The zero-order valence-corrected chi connectivity index (χ0v) is 10.9. The average molecular weight is 255 g/mol. The second-order valence-electron chi connectivity index (χ2n) is 4.12. The third-order valence-electron chi connectivity index (χ3n) is 2.70. The van der Waals surface area contributed by atoms with E-state index in [2.05, 4.69) is 10.4 Å². The number of nitrogens with zero attached hydrogens (tertiary/aromatic N) is 2. The standard InChI is InChI=1S/C15H17N3O/c1-2-3-7-10-16-15(19)13-11-17-18(12-13)14-8-5-4-6-9-14/h2-6,8-9,11-12H,7,10H2,1H3,(H,16,19)/b3-2+. The average Bonchev–Trinajstić information content (AvgIpc) is 2.94. The van der Waals surface area contributed by atoms with Gasteiger partial charge in [-0.05, 0) is 25.5 Å². The van der Waals surface area contributed by atoms with Crippen molar-refractivity contribution >= 4 is 5.91 Å². The summed E-state index contributed by atoms with van der Waals surface area (Å²) >= 11 is 0. The van der Waals surface area contributed by atoms with Crippen LogP contribution >= 0.6 is 0 Å². The Morgan fingerprint density at radius 2 is 2.16 bits per heavy atom. The van der Waals surface area contributed by atoms with Gasteiger partial charge in [-0.2, -0.15) is 5.10 Å². The minimum atomic E-state index is -0.0910. The molecule has 0 spiro atoms. The van der Waals surface area contributed by atoms with Crippen molar-refractivity contribution in [3.05, 3.63) is 60.4 Å². The lowest BCUT2D eigenvalue weighted by Crippen LogP contribution is -2.23. The van der Waals surface area contributed by atoms with Crippen molar-refractivity contribution in [3.8, 4) is 5.69 Å². The lowest BCUT2D eigenvalue weighted by Gasteiger charge is -2.01. The number of para-hydroxylation sites is 1. The number of carbonyl (C=O) groups is 1. The van der Waals surface area contributed by atoms with Gasteiger partial charge in [0.05, 0.1) is 17.4 Å². The van der Waals surface area contributed by atoms with Gasteiger partial charge in [0.2, 0.25) is 0 Å². The van der Waals surface area contributed by atoms with E-state index >= 15 is 0 Å². The first-order valence-corrected chi connectivity index (χ1v) is 6.30. The molecule has 19 heavy (non-hydrogen) atoms. The first-order chi connectivity index (χ1) is 9.31. The quantitative estimate of drug-likeness (QED) is 0.659. The van der Waals surface area contributed by atoms with Crippen molar-refractivity contribution in [1.82, 2.24) is 15.1 Å². The highest BCUT2D eigenvalue weighted by atomic mass is 16.1. The van der Waals surface area contributed by atoms with E-state index in [4.69, 9.17) is 0 Å². The number of aromatic nitrogens is 2. The first kappa shape index (κ1) is 13.1. The van der Waals surface area contributed by atoms with Crippen LogP contribution in [0.1, 0.15) is 23.7 Å². The predicted molar refractivity (Wildman–Crippen MR) is 75.3 cm³/mol. The van der Waals surface area contributed by atoms with Crippen LogP contribution in [-0.4, -0.2) is 22.2 Å². The van der Waals surface area contributed by atoms with E-state index < -0.39 is 0 Å². The maximum absolute atomic E-state index is 11.9. The molecule has 98 valence electrons. The van der Waals surface area contributed by atoms with Crippen LogP contribution in [0.4, 0.5) is 0 Å². The number of rotatable bonds is 5. The van der Waals surface area contributed by atoms with Crippen LogP contribution in [0.25, 0.3) is 5.69 Å². The molecule has 0 radical (unpaired) electrons. The number of nitrogens with one attached hydrogen (secondary N) is 1. The normalized spacial score (nSPS) is 10.8. The fourth-order valence-electron chi connectivity index (χ4n) is 1.70. The van der Waals surface area contributed by atoms with Crippen molar-refractivity contribution in [2.45, 2.75) is 13.3 Å². The molecule has 1 aromatic heterocycles. The molecule has 0 saturated carbocycles. The van der Waals surface area contributed by atoms with Crippen molar-refractivity contribution < 1.29 is 4.79 Å². The molecule has 1 amide bonds. The summed E-state index contributed by atoms with van der Waals surface area (Å²) in [5.74, 6) is -0.0910. The van der Waals surface area contributed by atoms with E-state index in [1.165, 1.54) is 0 Å². The number of amides is 1. The molecule has 0 saturated heterocycles. The zero-order chi connectivity index (χ0) is 13.5. The molecule has 0 fully saturated rings. The largest absolute Gasteiger partial charge is 0.352 e. The molecule has 0 atom stereocenters. The Morgan fingerprint density at radius 1 is 1.37 bits per heavy atom.